The van der Waals surface area contributed by atoms with Crippen molar-refractivity contribution in [3.05, 3.63) is 213 Å². The molecule has 2 nitrogen and oxygen atoms in total. The lowest BCUT2D eigenvalue weighted by Gasteiger charge is -2.46. The van der Waals surface area contributed by atoms with Crippen LogP contribution in [0.2, 0.25) is 0 Å². The first-order valence-corrected chi connectivity index (χ1v) is 20.9. The number of fused-ring (bicyclic) bond motifs is 11. The summed E-state index contributed by atoms with van der Waals surface area (Å²) in [5, 5.41) is 32.7. The Morgan fingerprint density at radius 1 is 0.328 bits per heavy atom. The van der Waals surface area contributed by atoms with Crippen LogP contribution in [0.15, 0.2) is 168 Å². The smallest absolute Gasteiger partial charge is 0.141 e. The molecular weight excluding hydrogens is 773 g/mol. The second-order valence-corrected chi connectivity index (χ2v) is 18.0. The summed E-state index contributed by atoms with van der Waals surface area (Å²) in [5.74, 6) is 0. The lowest BCUT2D eigenvalue weighted by molar-refractivity contribution is 0.0763. The van der Waals surface area contributed by atoms with Gasteiger partial charge in [0.25, 0.3) is 0 Å². The van der Waals surface area contributed by atoms with Gasteiger partial charge in [0.05, 0.1) is 0 Å². The molecule has 0 heterocycles. The fraction of sp³-hybridized carbons (Fsp3) is 0.0909. The maximum atomic E-state index is 14.2. The second kappa shape index (κ2) is 10.9. The minimum atomic E-state index is -1.62. The Morgan fingerprint density at radius 2 is 0.741 bits per heavy atom. The molecule has 0 amide bonds. The van der Waals surface area contributed by atoms with E-state index in [0.29, 0.717) is 22.3 Å². The molecule has 0 saturated carbocycles. The number of rotatable bonds is 2. The van der Waals surface area contributed by atoms with Crippen LogP contribution in [0.5, 0.6) is 0 Å². The molecule has 0 aliphatic heterocycles. The van der Waals surface area contributed by atoms with E-state index in [0.717, 1.165) is 53.8 Å². The average molecular weight is 808 g/mol. The third-order valence-electron chi connectivity index (χ3n) is 14.1. The molecule has 274 valence electrons. The van der Waals surface area contributed by atoms with E-state index in [-0.39, 0.29) is 5.41 Å². The summed E-state index contributed by atoms with van der Waals surface area (Å²) in [6.07, 6.45) is 0. The van der Waals surface area contributed by atoms with Crippen molar-refractivity contribution in [1.82, 2.24) is 0 Å². The lowest BCUT2D eigenvalue weighted by atomic mass is 9.61. The van der Waals surface area contributed by atoms with Crippen LogP contribution in [0.4, 0.5) is 0 Å². The predicted molar refractivity (Wildman–Crippen MR) is 239 cm³/mol. The van der Waals surface area contributed by atoms with E-state index in [1.54, 1.807) is 0 Å². The van der Waals surface area contributed by atoms with Gasteiger partial charge in [0.15, 0.2) is 0 Å². The van der Waals surface area contributed by atoms with Crippen LogP contribution in [0, 0.1) is 0 Å². The Hall–Kier alpha value is -6.10. The first-order valence-electron chi connectivity index (χ1n) is 20.1. The minimum absolute atomic E-state index is 0.364. The monoisotopic (exact) mass is 806 g/mol. The van der Waals surface area contributed by atoms with Gasteiger partial charge >= 0.3 is 0 Å². The topological polar surface area (TPSA) is 40.5 Å². The summed E-state index contributed by atoms with van der Waals surface area (Å²) in [6.45, 7) is 4.55. The maximum absolute atomic E-state index is 14.2. The summed E-state index contributed by atoms with van der Waals surface area (Å²) in [4.78, 5) is 0. The summed E-state index contributed by atoms with van der Waals surface area (Å²) in [7, 11) is 0. The van der Waals surface area contributed by atoms with Crippen molar-refractivity contribution in [2.45, 2.75) is 30.5 Å². The average Bonchev–Trinajstić information content (AvgIpc) is 3.84. The van der Waals surface area contributed by atoms with Gasteiger partial charge in [-0.3, -0.25) is 0 Å². The van der Waals surface area contributed by atoms with Crippen molar-refractivity contribution in [3.63, 3.8) is 0 Å². The van der Waals surface area contributed by atoms with Crippen LogP contribution in [-0.2, 0) is 16.6 Å². The standard InChI is InChI=1S/C55H35BrO2/c1-53(2)47-27-30(56)21-22-35(47)42-28-49-50(29-48(42)53)55(58,44-26-24-39-34-14-6-4-12-32(34)37-16-10-18-41(44)52(37)39)46-20-8-7-19-45(46)54(49,57)43-25-23-38-33-13-5-3-11-31(33)36-15-9-17-40(43)51(36)38/h3-29,57-58H,1-2H3. The highest BCUT2D eigenvalue weighted by atomic mass is 79.9. The van der Waals surface area contributed by atoms with Crippen molar-refractivity contribution in [1.29, 1.82) is 0 Å². The molecule has 13 rings (SSSR count). The van der Waals surface area contributed by atoms with E-state index < -0.39 is 11.2 Å². The predicted octanol–water partition coefficient (Wildman–Crippen LogP) is 13.2. The van der Waals surface area contributed by atoms with Gasteiger partial charge in [-0.25, -0.2) is 0 Å². The van der Waals surface area contributed by atoms with Crippen molar-refractivity contribution in [3.8, 4) is 55.6 Å². The molecule has 0 saturated heterocycles. The highest BCUT2D eigenvalue weighted by molar-refractivity contribution is 9.10. The SMILES string of the molecule is CC1(C)c2cc(Br)ccc2-c2cc3c(cc21)C(O)(c1ccc2c4c(cccc14)-c1ccccc1-2)c1ccccc1C3(O)c1ccc2c3c(cccc13)-c1ccccc1-2. The molecule has 2 N–H and O–H groups in total. The Kier molecular flexibility index (Phi) is 6.18. The van der Waals surface area contributed by atoms with Gasteiger partial charge in [-0.05, 0) is 123 Å². The van der Waals surface area contributed by atoms with Gasteiger partial charge in [-0.15, -0.1) is 0 Å². The number of aliphatic hydroxyl groups is 2. The first-order chi connectivity index (χ1) is 28.2. The van der Waals surface area contributed by atoms with Crippen LogP contribution in [0.3, 0.4) is 0 Å². The van der Waals surface area contributed by atoms with E-state index >= 15 is 0 Å². The summed E-state index contributed by atoms with van der Waals surface area (Å²) < 4.78 is 1.03. The minimum Gasteiger partial charge on any atom is -0.376 e. The van der Waals surface area contributed by atoms with E-state index in [1.165, 1.54) is 50.1 Å². The Labute approximate surface area is 344 Å². The summed E-state index contributed by atoms with van der Waals surface area (Å²) in [5.41, 5.74) is 14.9. The Morgan fingerprint density at radius 3 is 1.26 bits per heavy atom. The Balaban J connectivity index is 1.17. The largest absolute Gasteiger partial charge is 0.376 e. The molecule has 0 spiro atoms. The van der Waals surface area contributed by atoms with Gasteiger partial charge < -0.3 is 10.2 Å². The van der Waals surface area contributed by atoms with Gasteiger partial charge in [0.1, 0.15) is 11.2 Å². The zero-order valence-electron chi connectivity index (χ0n) is 31.9. The van der Waals surface area contributed by atoms with E-state index in [1.807, 2.05) is 24.3 Å². The molecule has 0 bridgehead atoms. The third-order valence-corrected chi connectivity index (χ3v) is 14.6. The van der Waals surface area contributed by atoms with Crippen LogP contribution in [-0.4, -0.2) is 10.2 Å². The zero-order chi connectivity index (χ0) is 38.9. The highest BCUT2D eigenvalue weighted by Gasteiger charge is 2.54. The molecule has 4 aliphatic rings. The number of benzene rings is 9. The molecular formula is C55H35BrO2. The van der Waals surface area contributed by atoms with Crippen molar-refractivity contribution >= 4 is 37.5 Å². The molecule has 3 heteroatoms. The molecule has 4 aliphatic carbocycles. The fourth-order valence-electron chi connectivity index (χ4n) is 11.6. The molecule has 9 aromatic rings. The van der Waals surface area contributed by atoms with E-state index in [9.17, 15) is 10.2 Å². The van der Waals surface area contributed by atoms with Crippen molar-refractivity contribution in [2.75, 3.05) is 0 Å². The van der Waals surface area contributed by atoms with Crippen LogP contribution >= 0.6 is 15.9 Å². The maximum Gasteiger partial charge on any atom is 0.141 e. The molecule has 58 heavy (non-hydrogen) atoms. The molecule has 0 radical (unpaired) electrons. The van der Waals surface area contributed by atoms with Crippen LogP contribution in [0.1, 0.15) is 58.4 Å². The lowest BCUT2D eigenvalue weighted by Crippen LogP contribution is -2.44. The molecule has 0 aromatic heterocycles. The molecule has 2 atom stereocenters. The summed E-state index contributed by atoms with van der Waals surface area (Å²) >= 11 is 3.77. The third kappa shape index (κ3) is 3.77. The molecule has 9 aromatic carbocycles. The van der Waals surface area contributed by atoms with Crippen molar-refractivity contribution in [2.24, 2.45) is 0 Å². The quantitative estimate of drug-likeness (QED) is 0.183. The van der Waals surface area contributed by atoms with E-state index in [2.05, 4.69) is 169 Å². The number of hydrogen-bond donors (Lipinski definition) is 2. The van der Waals surface area contributed by atoms with E-state index in [4.69, 9.17) is 0 Å². The van der Waals surface area contributed by atoms with Gasteiger partial charge in [0, 0.05) is 26.6 Å². The van der Waals surface area contributed by atoms with Crippen LogP contribution < -0.4 is 0 Å². The van der Waals surface area contributed by atoms with Crippen molar-refractivity contribution < 1.29 is 10.2 Å². The number of hydrogen-bond acceptors (Lipinski definition) is 2. The number of halogens is 1. The molecule has 0 fully saturated rings. The Bertz CT molecular complexity index is 3320. The molecule has 2 unspecified atom stereocenters. The zero-order valence-corrected chi connectivity index (χ0v) is 33.4. The highest BCUT2D eigenvalue weighted by Crippen LogP contribution is 2.61. The van der Waals surface area contributed by atoms with Gasteiger partial charge in [-0.2, -0.15) is 0 Å². The van der Waals surface area contributed by atoms with Crippen LogP contribution in [0.25, 0.3) is 77.2 Å². The first kappa shape index (κ1) is 32.9. The second-order valence-electron chi connectivity index (χ2n) is 17.1. The van der Waals surface area contributed by atoms with Gasteiger partial charge in [0.2, 0.25) is 0 Å². The summed E-state index contributed by atoms with van der Waals surface area (Å²) in [6, 6.07) is 57.8. The fourth-order valence-corrected chi connectivity index (χ4v) is 11.9. The normalized spacial score (nSPS) is 19.4. The van der Waals surface area contributed by atoms with Gasteiger partial charge in [-0.1, -0.05) is 175 Å².